The molecule has 2 atom stereocenters. The minimum absolute atomic E-state index is 0.0591. The molecule has 106 valence electrons. The molecule has 0 fully saturated rings. The van der Waals surface area contributed by atoms with Crippen molar-refractivity contribution in [2.75, 3.05) is 13.6 Å². The van der Waals surface area contributed by atoms with E-state index in [1.165, 1.54) is 12.8 Å². The van der Waals surface area contributed by atoms with Gasteiger partial charge in [0.15, 0.2) is 0 Å². The van der Waals surface area contributed by atoms with E-state index in [1.807, 2.05) is 14.0 Å². The van der Waals surface area contributed by atoms with Gasteiger partial charge < -0.3 is 5.32 Å². The molecule has 1 heteroatoms. The molecule has 1 N–H and O–H groups in total. The standard InChI is InChI=1S/C17H33N/c1-9-11-15(14(3)13-18-8)17(6,7)16(4,5)12-10-2/h14-15,18H,9,11,13H2,1-8H3. The number of rotatable bonds is 7. The molecule has 0 spiro atoms. The highest BCUT2D eigenvalue weighted by molar-refractivity contribution is 5.13. The Morgan fingerprint density at radius 2 is 1.72 bits per heavy atom. The summed E-state index contributed by atoms with van der Waals surface area (Å²) in [5.41, 5.74) is 0.284. The Balaban J connectivity index is 5.23. The average molecular weight is 251 g/mol. The van der Waals surface area contributed by atoms with Gasteiger partial charge in [-0.3, -0.25) is 0 Å². The van der Waals surface area contributed by atoms with Gasteiger partial charge in [-0.15, -0.1) is 5.92 Å². The highest BCUT2D eigenvalue weighted by Gasteiger charge is 2.43. The van der Waals surface area contributed by atoms with Crippen LogP contribution in [0.3, 0.4) is 0 Å². The number of nitrogens with one attached hydrogen (secondary N) is 1. The summed E-state index contributed by atoms with van der Waals surface area (Å²) < 4.78 is 0. The molecular formula is C17H33N. The minimum Gasteiger partial charge on any atom is -0.319 e. The largest absolute Gasteiger partial charge is 0.319 e. The third-order valence-electron chi connectivity index (χ3n) is 4.79. The van der Waals surface area contributed by atoms with Crippen LogP contribution in [0.25, 0.3) is 0 Å². The van der Waals surface area contributed by atoms with Crippen molar-refractivity contribution in [2.24, 2.45) is 22.7 Å². The molecule has 0 aromatic rings. The highest BCUT2D eigenvalue weighted by atomic mass is 14.8. The lowest BCUT2D eigenvalue weighted by atomic mass is 9.57. The van der Waals surface area contributed by atoms with Gasteiger partial charge in [-0.25, -0.2) is 0 Å². The summed E-state index contributed by atoms with van der Waals surface area (Å²) in [7, 11) is 2.05. The van der Waals surface area contributed by atoms with E-state index >= 15 is 0 Å². The minimum atomic E-state index is 0.0591. The normalized spacial score (nSPS) is 15.8. The Hall–Kier alpha value is -0.480. The van der Waals surface area contributed by atoms with Gasteiger partial charge in [0.2, 0.25) is 0 Å². The van der Waals surface area contributed by atoms with Gasteiger partial charge in [-0.2, -0.15) is 0 Å². The molecule has 0 bridgehead atoms. The lowest BCUT2D eigenvalue weighted by Gasteiger charge is -2.47. The molecule has 0 heterocycles. The molecule has 0 amide bonds. The third kappa shape index (κ3) is 4.02. The van der Waals surface area contributed by atoms with Crippen LogP contribution in [0.4, 0.5) is 0 Å². The van der Waals surface area contributed by atoms with Crippen molar-refractivity contribution in [3.63, 3.8) is 0 Å². The predicted molar refractivity (Wildman–Crippen MR) is 82.5 cm³/mol. The monoisotopic (exact) mass is 251 g/mol. The van der Waals surface area contributed by atoms with Crippen LogP contribution < -0.4 is 5.32 Å². The summed E-state index contributed by atoms with van der Waals surface area (Å²) in [6.07, 6.45) is 2.53. The molecule has 0 aliphatic carbocycles. The summed E-state index contributed by atoms with van der Waals surface area (Å²) in [5, 5.41) is 3.33. The lowest BCUT2D eigenvalue weighted by Crippen LogP contribution is -2.43. The zero-order chi connectivity index (χ0) is 14.4. The van der Waals surface area contributed by atoms with Crippen molar-refractivity contribution < 1.29 is 0 Å². The van der Waals surface area contributed by atoms with Gasteiger partial charge in [0.25, 0.3) is 0 Å². The van der Waals surface area contributed by atoms with Crippen LogP contribution in [0.15, 0.2) is 0 Å². The first-order valence-corrected chi connectivity index (χ1v) is 7.33. The second-order valence-corrected chi connectivity index (χ2v) is 6.65. The molecule has 0 radical (unpaired) electrons. The van der Waals surface area contributed by atoms with Gasteiger partial charge in [0.1, 0.15) is 0 Å². The van der Waals surface area contributed by atoms with E-state index in [0.717, 1.165) is 6.54 Å². The van der Waals surface area contributed by atoms with Crippen LogP contribution in [0.2, 0.25) is 0 Å². The fraction of sp³-hybridized carbons (Fsp3) is 0.882. The fourth-order valence-electron chi connectivity index (χ4n) is 3.07. The summed E-state index contributed by atoms with van der Waals surface area (Å²) in [6.45, 7) is 17.1. The third-order valence-corrected chi connectivity index (χ3v) is 4.79. The highest BCUT2D eigenvalue weighted by Crippen LogP contribution is 2.48. The van der Waals surface area contributed by atoms with E-state index in [-0.39, 0.29) is 10.8 Å². The maximum Gasteiger partial charge on any atom is 0.0311 e. The number of hydrogen-bond acceptors (Lipinski definition) is 1. The van der Waals surface area contributed by atoms with Crippen LogP contribution in [-0.4, -0.2) is 13.6 Å². The molecular weight excluding hydrogens is 218 g/mol. The topological polar surface area (TPSA) is 12.0 Å². The quantitative estimate of drug-likeness (QED) is 0.664. The summed E-state index contributed by atoms with van der Waals surface area (Å²) >= 11 is 0. The Kier molecular flexibility index (Phi) is 7.00. The Morgan fingerprint density at radius 1 is 1.17 bits per heavy atom. The molecule has 1 nitrogen and oxygen atoms in total. The molecule has 0 saturated carbocycles. The van der Waals surface area contributed by atoms with E-state index < -0.39 is 0 Å². The molecule has 0 aromatic heterocycles. The van der Waals surface area contributed by atoms with Gasteiger partial charge in [0.05, 0.1) is 0 Å². The second-order valence-electron chi connectivity index (χ2n) is 6.65. The van der Waals surface area contributed by atoms with Gasteiger partial charge in [-0.05, 0) is 58.0 Å². The predicted octanol–water partition coefficient (Wildman–Crippen LogP) is 4.33. The first-order chi connectivity index (χ1) is 8.24. The number of hydrogen-bond donors (Lipinski definition) is 1. The van der Waals surface area contributed by atoms with Crippen molar-refractivity contribution in [3.8, 4) is 11.8 Å². The van der Waals surface area contributed by atoms with Crippen LogP contribution in [0, 0.1) is 34.5 Å². The maximum atomic E-state index is 3.43. The molecule has 0 saturated heterocycles. The van der Waals surface area contributed by atoms with Gasteiger partial charge in [0, 0.05) is 5.41 Å². The lowest BCUT2D eigenvalue weighted by molar-refractivity contribution is 0.0435. The zero-order valence-corrected chi connectivity index (χ0v) is 13.8. The van der Waals surface area contributed by atoms with E-state index in [2.05, 4.69) is 58.7 Å². The van der Waals surface area contributed by atoms with Gasteiger partial charge in [-0.1, -0.05) is 40.0 Å². The van der Waals surface area contributed by atoms with E-state index in [0.29, 0.717) is 11.8 Å². The fourth-order valence-corrected chi connectivity index (χ4v) is 3.07. The van der Waals surface area contributed by atoms with Crippen LogP contribution in [-0.2, 0) is 0 Å². The molecule has 18 heavy (non-hydrogen) atoms. The van der Waals surface area contributed by atoms with Crippen molar-refractivity contribution in [2.45, 2.75) is 61.3 Å². The summed E-state index contributed by atoms with van der Waals surface area (Å²) in [5.74, 6) is 7.93. The summed E-state index contributed by atoms with van der Waals surface area (Å²) in [4.78, 5) is 0. The maximum absolute atomic E-state index is 3.43. The molecule has 0 aromatic carbocycles. The average Bonchev–Trinajstić information content (AvgIpc) is 2.25. The first kappa shape index (κ1) is 17.5. The Labute approximate surface area is 115 Å². The smallest absolute Gasteiger partial charge is 0.0311 e. The van der Waals surface area contributed by atoms with Crippen molar-refractivity contribution in [1.82, 2.24) is 5.32 Å². The Bertz CT molecular complexity index is 290. The van der Waals surface area contributed by atoms with Crippen molar-refractivity contribution >= 4 is 0 Å². The van der Waals surface area contributed by atoms with Crippen LogP contribution >= 0.6 is 0 Å². The SMILES string of the molecule is CC#CC(C)(C)C(C)(C)C(CCC)C(C)CNC. The van der Waals surface area contributed by atoms with Crippen LogP contribution in [0.5, 0.6) is 0 Å². The van der Waals surface area contributed by atoms with E-state index in [4.69, 9.17) is 0 Å². The zero-order valence-electron chi connectivity index (χ0n) is 13.8. The van der Waals surface area contributed by atoms with Gasteiger partial charge >= 0.3 is 0 Å². The molecule has 0 rings (SSSR count). The van der Waals surface area contributed by atoms with E-state index in [9.17, 15) is 0 Å². The molecule has 0 aliphatic rings. The summed E-state index contributed by atoms with van der Waals surface area (Å²) in [6, 6.07) is 0. The Morgan fingerprint density at radius 3 is 2.11 bits per heavy atom. The van der Waals surface area contributed by atoms with Crippen LogP contribution in [0.1, 0.15) is 61.3 Å². The van der Waals surface area contributed by atoms with Crippen molar-refractivity contribution in [3.05, 3.63) is 0 Å². The van der Waals surface area contributed by atoms with Crippen molar-refractivity contribution in [1.29, 1.82) is 0 Å². The second kappa shape index (κ2) is 7.19. The van der Waals surface area contributed by atoms with E-state index in [1.54, 1.807) is 0 Å². The molecule has 0 aliphatic heterocycles. The molecule has 2 unspecified atom stereocenters. The first-order valence-electron chi connectivity index (χ1n) is 7.33.